The second-order valence-corrected chi connectivity index (χ2v) is 12.9. The highest BCUT2D eigenvalue weighted by Gasteiger charge is 2.45. The summed E-state index contributed by atoms with van der Waals surface area (Å²) in [7, 11) is 0. The molecule has 3 atom stereocenters. The quantitative estimate of drug-likeness (QED) is 0.124. The van der Waals surface area contributed by atoms with Crippen LogP contribution in [0.2, 0.25) is 5.02 Å². The van der Waals surface area contributed by atoms with Gasteiger partial charge in [-0.3, -0.25) is 29.4 Å². The third kappa shape index (κ3) is 9.81. The summed E-state index contributed by atoms with van der Waals surface area (Å²) in [6, 6.07) is 4.56. The highest BCUT2D eigenvalue weighted by Crippen LogP contribution is 2.31. The molecule has 248 valence electrons. The Bertz CT molecular complexity index is 1250. The molecule has 0 aromatic heterocycles. The summed E-state index contributed by atoms with van der Waals surface area (Å²) in [5.74, 6) is -2.90. The Morgan fingerprint density at radius 1 is 1.00 bits per heavy atom. The van der Waals surface area contributed by atoms with Crippen molar-refractivity contribution in [1.29, 1.82) is 5.41 Å². The molecule has 3 rings (SSSR count). The molecule has 1 spiro atoms. The number of nitrogens with two attached hydrogens (primary N) is 1. The first-order valence-corrected chi connectivity index (χ1v) is 16.0. The van der Waals surface area contributed by atoms with Crippen LogP contribution in [-0.2, 0) is 24.0 Å². The summed E-state index contributed by atoms with van der Waals surface area (Å²) < 4.78 is 0. The lowest BCUT2D eigenvalue weighted by atomic mass is 9.91. The smallest absolute Gasteiger partial charge is 0.247 e. The SMILES string of the molecule is CC(C)C(=O)N[C@]1(C)CCCCNC(=O)[C@@H](c2ccc(Cl)cc2)NC(=O)C2(CCCC2)NC(=O)[C@H](CCCNC(=N)N)NC1=O. The first-order valence-electron chi connectivity index (χ1n) is 15.6. The van der Waals surface area contributed by atoms with E-state index in [-0.39, 0.29) is 37.2 Å². The number of carbonyl (C=O) groups is 5. The molecule has 45 heavy (non-hydrogen) atoms. The van der Waals surface area contributed by atoms with Gasteiger partial charge in [-0.15, -0.1) is 0 Å². The van der Waals surface area contributed by atoms with Crippen molar-refractivity contribution in [3.05, 3.63) is 34.9 Å². The second kappa shape index (κ2) is 15.9. The second-order valence-electron chi connectivity index (χ2n) is 12.5. The maximum atomic E-state index is 14.0. The Hall–Kier alpha value is -3.87. The lowest BCUT2D eigenvalue weighted by Crippen LogP contribution is -2.64. The zero-order valence-electron chi connectivity index (χ0n) is 26.3. The summed E-state index contributed by atoms with van der Waals surface area (Å²) in [5, 5.41) is 25.0. The number of hydrogen-bond donors (Lipinski definition) is 8. The maximum Gasteiger partial charge on any atom is 0.247 e. The van der Waals surface area contributed by atoms with E-state index in [0.29, 0.717) is 62.1 Å². The number of carbonyl (C=O) groups excluding carboxylic acids is 5. The van der Waals surface area contributed by atoms with Crippen LogP contribution in [0.15, 0.2) is 24.3 Å². The minimum absolute atomic E-state index is 0.180. The molecule has 2 aliphatic rings. The fourth-order valence-electron chi connectivity index (χ4n) is 5.62. The van der Waals surface area contributed by atoms with Gasteiger partial charge in [0.25, 0.3) is 0 Å². The van der Waals surface area contributed by atoms with Crippen LogP contribution >= 0.6 is 11.6 Å². The van der Waals surface area contributed by atoms with E-state index in [2.05, 4.69) is 31.9 Å². The van der Waals surface area contributed by atoms with Gasteiger partial charge in [-0.1, -0.05) is 50.4 Å². The van der Waals surface area contributed by atoms with Gasteiger partial charge in [-0.25, -0.2) is 0 Å². The number of benzene rings is 1. The zero-order chi connectivity index (χ0) is 33.2. The van der Waals surface area contributed by atoms with Crippen LogP contribution in [0.3, 0.4) is 0 Å². The summed E-state index contributed by atoms with van der Waals surface area (Å²) in [5.41, 5.74) is 3.30. The lowest BCUT2D eigenvalue weighted by Gasteiger charge is -2.35. The molecule has 1 heterocycles. The van der Waals surface area contributed by atoms with Crippen molar-refractivity contribution in [3.8, 4) is 0 Å². The Kier molecular flexibility index (Phi) is 12.6. The maximum absolute atomic E-state index is 14.0. The van der Waals surface area contributed by atoms with E-state index in [1.54, 1.807) is 45.0 Å². The van der Waals surface area contributed by atoms with Gasteiger partial charge in [-0.2, -0.15) is 0 Å². The third-order valence-corrected chi connectivity index (χ3v) is 8.68. The molecule has 1 aromatic rings. The largest absolute Gasteiger partial charge is 0.370 e. The standard InChI is InChI=1S/C31H47ClN8O5/c1-19(2)24(41)39-30(3)14-6-7-17-35-26(43)23(20-10-12-21(32)13-11-20)38-28(45)31(15-4-5-16-31)40-25(42)22(37-27(30)44)9-8-18-36-29(33)34/h10-13,19,22-23H,4-9,14-18H2,1-3H3,(H,35,43)(H,37,44)(H,38,45)(H,39,41)(H,40,42)(H4,33,34,36)/t22-,23+,30+/m0/s1. The third-order valence-electron chi connectivity index (χ3n) is 8.43. The van der Waals surface area contributed by atoms with Gasteiger partial charge >= 0.3 is 0 Å². The molecule has 5 amide bonds. The number of guanidine groups is 1. The van der Waals surface area contributed by atoms with Crippen LogP contribution in [0.5, 0.6) is 0 Å². The average Bonchev–Trinajstić information content (AvgIpc) is 3.46. The highest BCUT2D eigenvalue weighted by molar-refractivity contribution is 6.30. The van der Waals surface area contributed by atoms with Crippen LogP contribution in [0.1, 0.15) is 90.2 Å². The van der Waals surface area contributed by atoms with Crippen molar-refractivity contribution in [2.75, 3.05) is 13.1 Å². The van der Waals surface area contributed by atoms with Gasteiger partial charge in [-0.05, 0) is 69.6 Å². The molecule has 9 N–H and O–H groups in total. The Morgan fingerprint density at radius 3 is 2.27 bits per heavy atom. The van der Waals surface area contributed by atoms with E-state index in [1.165, 1.54) is 0 Å². The van der Waals surface area contributed by atoms with Crippen LogP contribution < -0.4 is 37.6 Å². The van der Waals surface area contributed by atoms with E-state index in [0.717, 1.165) is 0 Å². The van der Waals surface area contributed by atoms with Crippen molar-refractivity contribution in [3.63, 3.8) is 0 Å². The predicted octanol–water partition coefficient (Wildman–Crippen LogP) is 1.51. The molecule has 1 saturated carbocycles. The summed E-state index contributed by atoms with van der Waals surface area (Å²) >= 11 is 6.08. The molecule has 1 aliphatic heterocycles. The van der Waals surface area contributed by atoms with Crippen LogP contribution in [0.25, 0.3) is 0 Å². The molecular formula is C31H47ClN8O5. The van der Waals surface area contributed by atoms with E-state index < -0.39 is 46.8 Å². The fraction of sp³-hybridized carbons (Fsp3) is 0.613. The van der Waals surface area contributed by atoms with E-state index >= 15 is 0 Å². The van der Waals surface area contributed by atoms with Crippen LogP contribution in [0, 0.1) is 11.3 Å². The monoisotopic (exact) mass is 646 g/mol. The van der Waals surface area contributed by atoms with Crippen molar-refractivity contribution >= 4 is 47.1 Å². The molecule has 0 unspecified atom stereocenters. The predicted molar refractivity (Wildman–Crippen MR) is 171 cm³/mol. The Labute approximate surface area is 269 Å². The molecule has 1 saturated heterocycles. The topological polar surface area (TPSA) is 207 Å². The Balaban J connectivity index is 1.98. The van der Waals surface area contributed by atoms with Gasteiger partial charge in [0.1, 0.15) is 23.2 Å². The van der Waals surface area contributed by atoms with E-state index in [4.69, 9.17) is 22.7 Å². The highest BCUT2D eigenvalue weighted by atomic mass is 35.5. The molecule has 2 fully saturated rings. The molecule has 13 nitrogen and oxygen atoms in total. The van der Waals surface area contributed by atoms with Gasteiger partial charge in [0.2, 0.25) is 29.5 Å². The molecule has 1 aromatic carbocycles. The molecule has 1 aliphatic carbocycles. The minimum Gasteiger partial charge on any atom is -0.370 e. The zero-order valence-corrected chi connectivity index (χ0v) is 27.1. The number of rotatable bonds is 7. The first kappa shape index (κ1) is 35.6. The normalized spacial score (nSPS) is 24.7. The van der Waals surface area contributed by atoms with Crippen molar-refractivity contribution in [2.24, 2.45) is 11.7 Å². The van der Waals surface area contributed by atoms with Crippen molar-refractivity contribution in [1.82, 2.24) is 31.9 Å². The van der Waals surface area contributed by atoms with Crippen molar-refractivity contribution in [2.45, 2.75) is 102 Å². The van der Waals surface area contributed by atoms with Gasteiger partial charge < -0.3 is 37.6 Å². The van der Waals surface area contributed by atoms with Gasteiger partial charge in [0.05, 0.1) is 0 Å². The van der Waals surface area contributed by atoms with Gasteiger partial charge in [0, 0.05) is 24.0 Å². The first-order chi connectivity index (χ1) is 21.3. The molecule has 0 bridgehead atoms. The summed E-state index contributed by atoms with van der Waals surface area (Å²) in [4.78, 5) is 67.9. The van der Waals surface area contributed by atoms with Crippen LogP contribution in [0.4, 0.5) is 0 Å². The molecule has 14 heteroatoms. The Morgan fingerprint density at radius 2 is 1.64 bits per heavy atom. The average molecular weight is 647 g/mol. The minimum atomic E-state index is -1.34. The molecule has 0 radical (unpaired) electrons. The number of nitrogens with one attached hydrogen (secondary N) is 7. The fourth-order valence-corrected chi connectivity index (χ4v) is 5.74. The van der Waals surface area contributed by atoms with E-state index in [9.17, 15) is 24.0 Å². The number of amides is 5. The molecular weight excluding hydrogens is 600 g/mol. The summed E-state index contributed by atoms with van der Waals surface area (Å²) in [6.45, 7) is 5.65. The van der Waals surface area contributed by atoms with Gasteiger partial charge in [0.15, 0.2) is 5.96 Å². The van der Waals surface area contributed by atoms with Crippen molar-refractivity contribution < 1.29 is 24.0 Å². The number of halogens is 1. The summed E-state index contributed by atoms with van der Waals surface area (Å²) in [6.07, 6.45) is 3.87. The van der Waals surface area contributed by atoms with E-state index in [1.807, 2.05) is 0 Å². The lowest BCUT2D eigenvalue weighted by molar-refractivity contribution is -0.139. The van der Waals surface area contributed by atoms with Crippen LogP contribution in [-0.4, -0.2) is 65.7 Å². The number of hydrogen-bond acceptors (Lipinski definition) is 6.